The summed E-state index contributed by atoms with van der Waals surface area (Å²) in [6.45, 7) is 4.16. The van der Waals surface area contributed by atoms with Crippen LogP contribution >= 0.6 is 11.3 Å². The number of aryl methyl sites for hydroxylation is 2. The lowest BCUT2D eigenvalue weighted by Gasteiger charge is -2.16. The summed E-state index contributed by atoms with van der Waals surface area (Å²) in [6, 6.07) is 4.92. The summed E-state index contributed by atoms with van der Waals surface area (Å²) in [7, 11) is 1.50. The van der Waals surface area contributed by atoms with Crippen LogP contribution in [-0.2, 0) is 26.7 Å². The summed E-state index contributed by atoms with van der Waals surface area (Å²) in [5.74, 6) is -0.521. The normalized spacial score (nSPS) is 11.1. The number of fused-ring (bicyclic) bond motifs is 1. The van der Waals surface area contributed by atoms with Crippen molar-refractivity contribution in [1.82, 2.24) is 19.0 Å². The van der Waals surface area contributed by atoms with Crippen LogP contribution in [0.2, 0.25) is 0 Å². The first-order valence-electron chi connectivity index (χ1n) is 8.58. The average molecular weight is 388 g/mol. The molecule has 0 spiro atoms. The van der Waals surface area contributed by atoms with Gasteiger partial charge >= 0.3 is 5.69 Å². The number of pyridine rings is 1. The molecule has 0 saturated carbocycles. The Labute approximate surface area is 158 Å². The van der Waals surface area contributed by atoms with Gasteiger partial charge in [0.05, 0.1) is 17.5 Å². The first-order valence-corrected chi connectivity index (χ1v) is 9.46. The average Bonchev–Trinajstić information content (AvgIpc) is 3.17. The molecule has 3 rings (SSSR count). The smallest absolute Gasteiger partial charge is 0.332 e. The summed E-state index contributed by atoms with van der Waals surface area (Å²) in [5.41, 5.74) is -1.38. The van der Waals surface area contributed by atoms with Gasteiger partial charge in [0, 0.05) is 31.1 Å². The molecule has 0 atom stereocenters. The summed E-state index contributed by atoms with van der Waals surface area (Å²) in [5, 5.41) is 4.72. The summed E-state index contributed by atoms with van der Waals surface area (Å²) >= 11 is 1.49. The third-order valence-electron chi connectivity index (χ3n) is 4.46. The van der Waals surface area contributed by atoms with Crippen LogP contribution in [0.25, 0.3) is 11.0 Å². The lowest BCUT2D eigenvalue weighted by molar-refractivity contribution is 0.0952. The Morgan fingerprint density at radius 1 is 1.15 bits per heavy atom. The zero-order valence-corrected chi connectivity index (χ0v) is 16.1. The Balaban J connectivity index is 2.28. The lowest BCUT2D eigenvalue weighted by Crippen LogP contribution is -2.42. The minimum Gasteiger partial charge on any atom is -0.347 e. The molecule has 0 unspecified atom stereocenters. The van der Waals surface area contributed by atoms with E-state index in [1.54, 1.807) is 13.8 Å². The van der Waals surface area contributed by atoms with Gasteiger partial charge < -0.3 is 5.32 Å². The van der Waals surface area contributed by atoms with Crippen molar-refractivity contribution < 1.29 is 4.79 Å². The maximum atomic E-state index is 12.9. The Kier molecular flexibility index (Phi) is 5.13. The SMILES string of the molecule is CCn1c(=O)c2c(C(=O)NCc3cccs3)cc(=O)n(CC)c2n(C)c1=O. The van der Waals surface area contributed by atoms with Gasteiger partial charge in [-0.1, -0.05) is 6.07 Å². The molecule has 9 heteroatoms. The third kappa shape index (κ3) is 3.14. The number of hydrogen-bond acceptors (Lipinski definition) is 5. The van der Waals surface area contributed by atoms with Crippen molar-refractivity contribution in [3.63, 3.8) is 0 Å². The van der Waals surface area contributed by atoms with Crippen LogP contribution < -0.4 is 22.1 Å². The van der Waals surface area contributed by atoms with E-state index in [0.717, 1.165) is 9.44 Å². The molecule has 0 bridgehead atoms. The van der Waals surface area contributed by atoms with Gasteiger partial charge in [0.25, 0.3) is 17.0 Å². The van der Waals surface area contributed by atoms with Crippen molar-refractivity contribution >= 4 is 28.3 Å². The topological polar surface area (TPSA) is 95.1 Å². The van der Waals surface area contributed by atoms with Crippen LogP contribution in [0.5, 0.6) is 0 Å². The minimum absolute atomic E-state index is 0.0148. The molecule has 8 nitrogen and oxygen atoms in total. The monoisotopic (exact) mass is 388 g/mol. The Bertz CT molecular complexity index is 1190. The quantitative estimate of drug-likeness (QED) is 0.702. The number of nitrogens with zero attached hydrogens (tertiary/aromatic N) is 3. The number of nitrogens with one attached hydrogen (secondary N) is 1. The van der Waals surface area contributed by atoms with Crippen molar-refractivity contribution in [3.05, 3.63) is 65.2 Å². The number of rotatable bonds is 5. The summed E-state index contributed by atoms with van der Waals surface area (Å²) < 4.78 is 3.64. The molecule has 142 valence electrons. The van der Waals surface area contributed by atoms with Crippen molar-refractivity contribution in [3.8, 4) is 0 Å². The van der Waals surface area contributed by atoms with Crippen molar-refractivity contribution in [2.75, 3.05) is 0 Å². The first-order chi connectivity index (χ1) is 12.9. The van der Waals surface area contributed by atoms with E-state index in [9.17, 15) is 19.2 Å². The highest BCUT2D eigenvalue weighted by atomic mass is 32.1. The van der Waals surface area contributed by atoms with E-state index >= 15 is 0 Å². The van der Waals surface area contributed by atoms with Crippen LogP contribution in [0, 0.1) is 0 Å². The zero-order valence-electron chi connectivity index (χ0n) is 15.3. The maximum absolute atomic E-state index is 12.9. The van der Waals surface area contributed by atoms with Crippen molar-refractivity contribution in [2.24, 2.45) is 7.05 Å². The van der Waals surface area contributed by atoms with Gasteiger partial charge in [0.1, 0.15) is 5.65 Å². The van der Waals surface area contributed by atoms with Crippen LogP contribution in [-0.4, -0.2) is 19.6 Å². The van der Waals surface area contributed by atoms with E-state index in [-0.39, 0.29) is 29.7 Å². The number of amides is 1. The van der Waals surface area contributed by atoms with Gasteiger partial charge in [-0.3, -0.25) is 28.1 Å². The zero-order chi connectivity index (χ0) is 19.7. The highest BCUT2D eigenvalue weighted by Crippen LogP contribution is 2.13. The molecule has 0 aliphatic heterocycles. The molecule has 27 heavy (non-hydrogen) atoms. The summed E-state index contributed by atoms with van der Waals surface area (Å²) in [4.78, 5) is 51.6. The molecule has 1 N–H and O–H groups in total. The van der Waals surface area contributed by atoms with Gasteiger partial charge in [-0.25, -0.2) is 4.79 Å². The second-order valence-electron chi connectivity index (χ2n) is 5.99. The fraction of sp³-hybridized carbons (Fsp3) is 0.333. The van der Waals surface area contributed by atoms with Crippen LogP contribution in [0.15, 0.2) is 38.0 Å². The standard InChI is InChI=1S/C18H20N4O4S/c1-4-21-13(23)9-12(15(24)19-10-11-7-6-8-27-11)14-16(21)20(3)18(26)22(5-2)17(14)25/h6-9H,4-5,10H2,1-3H3,(H,19,24). The van der Waals surface area contributed by atoms with Crippen LogP contribution in [0.4, 0.5) is 0 Å². The molecule has 0 saturated heterocycles. The molecule has 0 radical (unpaired) electrons. The number of carbonyl (C=O) groups is 1. The molecule has 0 fully saturated rings. The van der Waals surface area contributed by atoms with E-state index in [0.29, 0.717) is 6.54 Å². The Morgan fingerprint density at radius 2 is 1.85 bits per heavy atom. The number of aromatic nitrogens is 3. The van der Waals surface area contributed by atoms with Crippen LogP contribution in [0.3, 0.4) is 0 Å². The van der Waals surface area contributed by atoms with Gasteiger partial charge in [0.15, 0.2) is 0 Å². The number of carbonyl (C=O) groups excluding carboxylic acids is 1. The Morgan fingerprint density at radius 3 is 2.44 bits per heavy atom. The third-order valence-corrected chi connectivity index (χ3v) is 5.33. The van der Waals surface area contributed by atoms with Gasteiger partial charge in [-0.2, -0.15) is 0 Å². The van der Waals surface area contributed by atoms with Gasteiger partial charge in [-0.05, 0) is 25.3 Å². The lowest BCUT2D eigenvalue weighted by atomic mass is 10.1. The fourth-order valence-electron chi connectivity index (χ4n) is 3.13. The van der Waals surface area contributed by atoms with E-state index in [1.807, 2.05) is 17.5 Å². The second kappa shape index (κ2) is 7.36. The predicted octanol–water partition coefficient (Wildman–Crippen LogP) is 0.893. The van der Waals surface area contributed by atoms with Crippen LogP contribution in [0.1, 0.15) is 29.1 Å². The minimum atomic E-state index is -0.570. The second-order valence-corrected chi connectivity index (χ2v) is 7.02. The molecule has 0 aliphatic rings. The van der Waals surface area contributed by atoms with Gasteiger partial charge in [-0.15, -0.1) is 11.3 Å². The molecule has 1 amide bonds. The molecular formula is C18H20N4O4S. The largest absolute Gasteiger partial charge is 0.347 e. The van der Waals surface area contributed by atoms with E-state index in [4.69, 9.17) is 0 Å². The highest BCUT2D eigenvalue weighted by Gasteiger charge is 2.21. The molecule has 0 aromatic carbocycles. The van der Waals surface area contributed by atoms with E-state index in [2.05, 4.69) is 5.32 Å². The number of hydrogen-bond donors (Lipinski definition) is 1. The van der Waals surface area contributed by atoms with Crippen molar-refractivity contribution in [2.45, 2.75) is 33.5 Å². The highest BCUT2D eigenvalue weighted by molar-refractivity contribution is 7.09. The molecule has 3 aromatic rings. The van der Waals surface area contributed by atoms with E-state index < -0.39 is 22.7 Å². The maximum Gasteiger partial charge on any atom is 0.332 e. The van der Waals surface area contributed by atoms with Gasteiger partial charge in [0.2, 0.25) is 0 Å². The summed E-state index contributed by atoms with van der Waals surface area (Å²) in [6.07, 6.45) is 0. The molecule has 3 aromatic heterocycles. The Hall–Kier alpha value is -2.94. The molecule has 0 aliphatic carbocycles. The fourth-order valence-corrected chi connectivity index (χ4v) is 3.77. The van der Waals surface area contributed by atoms with E-state index in [1.165, 1.54) is 33.6 Å². The predicted molar refractivity (Wildman–Crippen MR) is 105 cm³/mol. The van der Waals surface area contributed by atoms with Crippen molar-refractivity contribution in [1.29, 1.82) is 0 Å². The molecule has 3 heterocycles. The number of thiophene rings is 1. The first kappa shape index (κ1) is 18.8. The molecular weight excluding hydrogens is 368 g/mol.